The largest absolute Gasteiger partial charge is 0.416 e. The Morgan fingerprint density at radius 1 is 0.976 bits per heavy atom. The van der Waals surface area contributed by atoms with E-state index in [1.165, 1.54) is 18.2 Å². The van der Waals surface area contributed by atoms with Crippen LogP contribution in [0.1, 0.15) is 36.0 Å². The van der Waals surface area contributed by atoms with Crippen molar-refractivity contribution in [1.29, 1.82) is 0 Å². The van der Waals surface area contributed by atoms with E-state index in [4.69, 9.17) is 0 Å². The average Bonchev–Trinajstić information content (AvgIpc) is 3.00. The normalized spacial score (nSPS) is 20.4. The fourth-order valence-corrected chi connectivity index (χ4v) is 6.18. The number of hydrogen-bond acceptors (Lipinski definition) is 5. The van der Waals surface area contributed by atoms with Gasteiger partial charge in [-0.1, -0.05) is 30.3 Å². The predicted octanol–water partition coefficient (Wildman–Crippen LogP) is 5.35. The van der Waals surface area contributed by atoms with Gasteiger partial charge in [-0.25, -0.2) is 4.39 Å². The molecule has 10 heteroatoms. The van der Waals surface area contributed by atoms with Gasteiger partial charge >= 0.3 is 6.18 Å². The van der Waals surface area contributed by atoms with Crippen molar-refractivity contribution in [3.8, 4) is 0 Å². The summed E-state index contributed by atoms with van der Waals surface area (Å²) in [5.41, 5.74) is 1.57. The number of pyridine rings is 1. The third-order valence-corrected chi connectivity index (χ3v) is 8.40. The molecule has 2 atom stereocenters. The van der Waals surface area contributed by atoms with E-state index in [2.05, 4.69) is 26.2 Å². The third kappa shape index (κ3) is 7.86. The van der Waals surface area contributed by atoms with Gasteiger partial charge in [-0.15, -0.1) is 0 Å². The summed E-state index contributed by atoms with van der Waals surface area (Å²) in [7, 11) is 0. The van der Waals surface area contributed by atoms with E-state index in [0.717, 1.165) is 50.8 Å². The Bertz CT molecular complexity index is 1310. The van der Waals surface area contributed by atoms with Gasteiger partial charge in [0.25, 0.3) is 0 Å². The molecule has 1 N–H and O–H groups in total. The number of benzene rings is 2. The molecule has 0 aliphatic carbocycles. The van der Waals surface area contributed by atoms with Crippen LogP contribution in [0.25, 0.3) is 0 Å². The first-order valence-electron chi connectivity index (χ1n) is 14.5. The minimum atomic E-state index is -4.36. The number of aromatic nitrogens is 1. The van der Waals surface area contributed by atoms with Crippen LogP contribution in [0.4, 0.5) is 23.2 Å². The lowest BCUT2D eigenvalue weighted by Gasteiger charge is -2.47. The molecule has 224 valence electrons. The van der Waals surface area contributed by atoms with Crippen LogP contribution in [0, 0.1) is 11.7 Å². The molecule has 2 aromatic carbocycles. The zero-order chi connectivity index (χ0) is 29.5. The van der Waals surface area contributed by atoms with Crippen LogP contribution in [-0.2, 0) is 24.1 Å². The molecule has 2 fully saturated rings. The van der Waals surface area contributed by atoms with Gasteiger partial charge in [0.15, 0.2) is 0 Å². The molecule has 6 nitrogen and oxygen atoms in total. The molecule has 0 unspecified atom stereocenters. The van der Waals surface area contributed by atoms with Crippen LogP contribution >= 0.6 is 0 Å². The lowest BCUT2D eigenvalue weighted by atomic mass is 9.86. The van der Waals surface area contributed by atoms with Crippen molar-refractivity contribution in [1.82, 2.24) is 20.1 Å². The molecule has 0 bridgehead atoms. The van der Waals surface area contributed by atoms with Crippen molar-refractivity contribution in [3.63, 3.8) is 0 Å². The summed E-state index contributed by atoms with van der Waals surface area (Å²) in [5.74, 6) is -0.189. The van der Waals surface area contributed by atoms with Gasteiger partial charge in [-0.05, 0) is 61.2 Å². The number of nitrogens with zero attached hydrogens (tertiary/aromatic N) is 4. The molecule has 3 aromatic rings. The molecular formula is C32H37F4N5O. The number of anilines is 1. The molecule has 2 aliphatic heterocycles. The molecule has 2 saturated heterocycles. The number of hydrogen-bond donors (Lipinski definition) is 1. The summed E-state index contributed by atoms with van der Waals surface area (Å²) in [6, 6.07) is 16.3. The Morgan fingerprint density at radius 3 is 2.52 bits per heavy atom. The van der Waals surface area contributed by atoms with Gasteiger partial charge in [0.2, 0.25) is 5.91 Å². The molecular weight excluding hydrogens is 546 g/mol. The second-order valence-electron chi connectivity index (χ2n) is 11.2. The number of carbonyl (C=O) groups excluding carboxylic acids is 1. The summed E-state index contributed by atoms with van der Waals surface area (Å²) in [4.78, 5) is 23.9. The number of piperazine rings is 1. The molecule has 42 heavy (non-hydrogen) atoms. The summed E-state index contributed by atoms with van der Waals surface area (Å²) in [6.45, 7) is 5.50. The van der Waals surface area contributed by atoms with Crippen LogP contribution < -0.4 is 10.2 Å². The molecule has 0 spiro atoms. The summed E-state index contributed by atoms with van der Waals surface area (Å²) in [5, 5.41) is 2.86. The average molecular weight is 584 g/mol. The second-order valence-corrected chi connectivity index (χ2v) is 11.2. The molecule has 5 rings (SSSR count). The number of amides is 1. The lowest BCUT2D eigenvalue weighted by Crippen LogP contribution is -2.56. The van der Waals surface area contributed by atoms with E-state index in [0.29, 0.717) is 37.2 Å². The van der Waals surface area contributed by atoms with Crippen molar-refractivity contribution < 1.29 is 22.4 Å². The van der Waals surface area contributed by atoms with Crippen LogP contribution in [0.3, 0.4) is 0 Å². The SMILES string of the molecule is O=C(CC[C@@H]1CN(Cc2cccnc2)CC[C@@H]1N1CCN(c2cccc(C(F)(F)F)c2)CC1)NCc1ccccc1F. The number of nitrogens with one attached hydrogen (secondary N) is 1. The van der Waals surface area contributed by atoms with Gasteiger partial charge in [-0.2, -0.15) is 13.2 Å². The zero-order valence-corrected chi connectivity index (χ0v) is 23.6. The maximum absolute atomic E-state index is 14.0. The number of halogens is 4. The summed E-state index contributed by atoms with van der Waals surface area (Å²) >= 11 is 0. The predicted molar refractivity (Wildman–Crippen MR) is 154 cm³/mol. The van der Waals surface area contributed by atoms with Crippen LogP contribution in [-0.4, -0.2) is 66.0 Å². The topological polar surface area (TPSA) is 51.7 Å². The van der Waals surface area contributed by atoms with Gasteiger partial charge in [0, 0.05) is 81.9 Å². The van der Waals surface area contributed by atoms with E-state index in [1.54, 1.807) is 30.5 Å². The van der Waals surface area contributed by atoms with E-state index in [1.807, 2.05) is 17.2 Å². The second kappa shape index (κ2) is 13.6. The van der Waals surface area contributed by atoms with Crippen molar-refractivity contribution in [2.75, 3.05) is 44.2 Å². The van der Waals surface area contributed by atoms with Gasteiger partial charge in [-0.3, -0.25) is 19.6 Å². The fraction of sp³-hybridized carbons (Fsp3) is 0.438. The highest BCUT2D eigenvalue weighted by Crippen LogP contribution is 2.33. The Morgan fingerprint density at radius 2 is 1.79 bits per heavy atom. The Hall–Kier alpha value is -3.50. The van der Waals surface area contributed by atoms with E-state index < -0.39 is 11.7 Å². The van der Waals surface area contributed by atoms with Gasteiger partial charge < -0.3 is 10.2 Å². The molecule has 1 amide bonds. The quantitative estimate of drug-likeness (QED) is 0.345. The van der Waals surface area contributed by atoms with Gasteiger partial charge in [0.1, 0.15) is 5.82 Å². The van der Waals surface area contributed by atoms with Crippen LogP contribution in [0.5, 0.6) is 0 Å². The van der Waals surface area contributed by atoms with Crippen LogP contribution in [0.15, 0.2) is 73.1 Å². The van der Waals surface area contributed by atoms with Crippen molar-refractivity contribution in [2.24, 2.45) is 5.92 Å². The number of likely N-dealkylation sites (tertiary alicyclic amines) is 1. The highest BCUT2D eigenvalue weighted by Gasteiger charge is 2.35. The minimum Gasteiger partial charge on any atom is -0.369 e. The molecule has 3 heterocycles. The highest BCUT2D eigenvalue weighted by atomic mass is 19.4. The monoisotopic (exact) mass is 583 g/mol. The van der Waals surface area contributed by atoms with E-state index in [-0.39, 0.29) is 30.2 Å². The molecule has 0 saturated carbocycles. The third-order valence-electron chi connectivity index (χ3n) is 8.40. The number of carbonyl (C=O) groups is 1. The highest BCUT2D eigenvalue weighted by molar-refractivity contribution is 5.75. The number of alkyl halides is 3. The molecule has 1 aromatic heterocycles. The minimum absolute atomic E-state index is 0.101. The Balaban J connectivity index is 1.20. The number of rotatable bonds is 9. The van der Waals surface area contributed by atoms with E-state index >= 15 is 0 Å². The Kier molecular flexibility index (Phi) is 9.74. The number of piperidine rings is 1. The van der Waals surface area contributed by atoms with Crippen molar-refractivity contribution in [3.05, 3.63) is 95.6 Å². The van der Waals surface area contributed by atoms with E-state index in [9.17, 15) is 22.4 Å². The maximum atomic E-state index is 14.0. The smallest absolute Gasteiger partial charge is 0.369 e. The Labute approximate surface area is 244 Å². The molecule has 0 radical (unpaired) electrons. The van der Waals surface area contributed by atoms with Crippen LogP contribution in [0.2, 0.25) is 0 Å². The standard InChI is InChI=1S/C32H37F4N5O/c33-29-9-2-1-6-25(29)21-38-31(42)11-10-26-23-39(22-24-5-4-13-37-20-24)14-12-30(26)41-17-15-40(16-18-41)28-8-3-7-27(19-28)32(34,35)36/h1-9,13,19-20,26,30H,10-12,14-18,21-23H2,(H,38,42)/t26-,30+/m1/s1. The van der Waals surface area contributed by atoms with Crippen molar-refractivity contribution in [2.45, 2.75) is 44.6 Å². The van der Waals surface area contributed by atoms with Crippen molar-refractivity contribution >= 4 is 11.6 Å². The first-order chi connectivity index (χ1) is 20.3. The summed E-state index contributed by atoms with van der Waals surface area (Å²) in [6.07, 6.45) is 1.27. The summed E-state index contributed by atoms with van der Waals surface area (Å²) < 4.78 is 53.7. The molecule has 2 aliphatic rings. The lowest BCUT2D eigenvalue weighted by molar-refractivity contribution is -0.137. The first kappa shape index (κ1) is 30.0. The fourth-order valence-electron chi connectivity index (χ4n) is 6.18. The maximum Gasteiger partial charge on any atom is 0.416 e. The van der Waals surface area contributed by atoms with Gasteiger partial charge in [0.05, 0.1) is 5.56 Å². The zero-order valence-electron chi connectivity index (χ0n) is 23.6. The first-order valence-corrected chi connectivity index (χ1v) is 14.5.